The van der Waals surface area contributed by atoms with Gasteiger partial charge in [-0.05, 0) is 123 Å². The minimum atomic E-state index is -0.146. The van der Waals surface area contributed by atoms with Gasteiger partial charge in [0.1, 0.15) is 0 Å². The second kappa shape index (κ2) is 15.9. The molecule has 1 aliphatic carbocycles. The Morgan fingerprint density at radius 1 is 0.190 bits per heavy atom. The van der Waals surface area contributed by atoms with Crippen LogP contribution in [0.1, 0.15) is 25.0 Å². The maximum atomic E-state index is 2.43. The first-order valence-electron chi connectivity index (χ1n) is 22.0. The Labute approximate surface area is 371 Å². The van der Waals surface area contributed by atoms with E-state index in [1.807, 2.05) is 0 Å². The van der Waals surface area contributed by atoms with Crippen LogP contribution in [-0.2, 0) is 5.41 Å². The molecule has 0 saturated carbocycles. The Kier molecular flexibility index (Phi) is 9.63. The van der Waals surface area contributed by atoms with Gasteiger partial charge in [0.25, 0.3) is 0 Å². The van der Waals surface area contributed by atoms with E-state index < -0.39 is 0 Å². The van der Waals surface area contributed by atoms with Crippen molar-refractivity contribution in [2.45, 2.75) is 19.3 Å². The monoisotopic (exact) mass is 802 g/mol. The van der Waals surface area contributed by atoms with Crippen LogP contribution in [0.15, 0.2) is 243 Å². The van der Waals surface area contributed by atoms with Gasteiger partial charge in [0, 0.05) is 5.41 Å². The zero-order chi connectivity index (χ0) is 42.3. The van der Waals surface area contributed by atoms with E-state index in [0.29, 0.717) is 0 Å². The van der Waals surface area contributed by atoms with Gasteiger partial charge in [-0.2, -0.15) is 0 Å². The van der Waals surface area contributed by atoms with E-state index in [9.17, 15) is 0 Å². The van der Waals surface area contributed by atoms with Crippen molar-refractivity contribution >= 4 is 0 Å². The van der Waals surface area contributed by atoms with Crippen LogP contribution in [0.5, 0.6) is 0 Å². The van der Waals surface area contributed by atoms with Gasteiger partial charge in [-0.25, -0.2) is 0 Å². The number of hydrogen-bond donors (Lipinski definition) is 0. The Morgan fingerprint density at radius 3 is 0.746 bits per heavy atom. The van der Waals surface area contributed by atoms with Crippen LogP contribution in [0.2, 0.25) is 0 Å². The lowest BCUT2D eigenvalue weighted by Crippen LogP contribution is -2.15. The molecular weight excluding hydrogens is 757 g/mol. The molecular formula is C63H46. The molecule has 0 radical (unpaired) electrons. The maximum absolute atomic E-state index is 2.43. The van der Waals surface area contributed by atoms with Gasteiger partial charge >= 0.3 is 0 Å². The minimum Gasteiger partial charge on any atom is -0.0622 e. The van der Waals surface area contributed by atoms with Crippen molar-refractivity contribution in [3.63, 3.8) is 0 Å². The largest absolute Gasteiger partial charge is 0.0622 e. The lowest BCUT2D eigenvalue weighted by Gasteiger charge is -2.23. The molecule has 0 fully saturated rings. The molecule has 0 heterocycles. The number of rotatable bonds is 8. The summed E-state index contributed by atoms with van der Waals surface area (Å²) in [5.74, 6) is 0. The van der Waals surface area contributed by atoms with Gasteiger partial charge in [-0.1, -0.05) is 244 Å². The highest BCUT2D eigenvalue weighted by atomic mass is 14.4. The normalized spacial score (nSPS) is 12.4. The fourth-order valence-electron chi connectivity index (χ4n) is 9.90. The zero-order valence-corrected chi connectivity index (χ0v) is 35.6. The van der Waals surface area contributed by atoms with Crippen LogP contribution in [-0.4, -0.2) is 0 Å². The molecule has 0 heteroatoms. The molecule has 0 nitrogen and oxygen atoms in total. The molecule has 0 bridgehead atoms. The van der Waals surface area contributed by atoms with Gasteiger partial charge < -0.3 is 0 Å². The van der Waals surface area contributed by atoms with Gasteiger partial charge in [0.05, 0.1) is 0 Å². The average Bonchev–Trinajstić information content (AvgIpc) is 3.59. The molecule has 10 aromatic rings. The first-order valence-corrected chi connectivity index (χ1v) is 22.0. The number of fused-ring (bicyclic) bond motifs is 3. The summed E-state index contributed by atoms with van der Waals surface area (Å²) in [6, 6.07) is 88.8. The zero-order valence-electron chi connectivity index (χ0n) is 35.6. The number of hydrogen-bond acceptors (Lipinski definition) is 0. The second-order valence-corrected chi connectivity index (χ2v) is 17.2. The second-order valence-electron chi connectivity index (χ2n) is 17.2. The van der Waals surface area contributed by atoms with Crippen molar-refractivity contribution in [2.24, 2.45) is 0 Å². The number of benzene rings is 10. The Morgan fingerprint density at radius 2 is 0.429 bits per heavy atom. The summed E-state index contributed by atoms with van der Waals surface area (Å²) >= 11 is 0. The fourth-order valence-corrected chi connectivity index (χ4v) is 9.90. The Balaban J connectivity index is 0.868. The van der Waals surface area contributed by atoms with Gasteiger partial charge in [0.2, 0.25) is 0 Å². The molecule has 63 heavy (non-hydrogen) atoms. The molecule has 0 aliphatic heterocycles. The first-order chi connectivity index (χ1) is 31.0. The third-order valence-electron chi connectivity index (χ3n) is 13.2. The van der Waals surface area contributed by atoms with Crippen LogP contribution in [0.4, 0.5) is 0 Å². The predicted octanol–water partition coefficient (Wildman–Crippen LogP) is 17.3. The molecule has 0 amide bonds. The van der Waals surface area contributed by atoms with Crippen LogP contribution >= 0.6 is 0 Å². The van der Waals surface area contributed by atoms with Crippen molar-refractivity contribution in [1.82, 2.24) is 0 Å². The predicted molar refractivity (Wildman–Crippen MR) is 267 cm³/mol. The van der Waals surface area contributed by atoms with Crippen molar-refractivity contribution in [3.8, 4) is 100 Å². The highest BCUT2D eigenvalue weighted by Crippen LogP contribution is 2.51. The standard InChI is InChI=1S/C63H46/c1-63(2)61-41-49(43-29-33-47(34-30-43)53-23-11-15-27-57(53)55-25-13-9-21-51(55)45-17-5-3-6-18-45)37-39-59(61)60-40-38-50(42-62(60)63)44-31-35-48(36-32-44)54-24-12-16-28-58(54)56-26-14-10-22-52(56)46-19-7-4-8-20-46/h3-42H,1-2H3. The van der Waals surface area contributed by atoms with Crippen LogP contribution in [0.25, 0.3) is 100 Å². The molecule has 0 spiro atoms. The lowest BCUT2D eigenvalue weighted by molar-refractivity contribution is 0.661. The highest BCUT2D eigenvalue weighted by molar-refractivity contribution is 5.94. The first kappa shape index (κ1) is 38.1. The fraction of sp³-hybridized carbons (Fsp3) is 0.0476. The smallest absolute Gasteiger partial charge is 0.0159 e. The molecule has 11 rings (SSSR count). The quantitative estimate of drug-likeness (QED) is 0.144. The van der Waals surface area contributed by atoms with E-state index in [2.05, 4.69) is 257 Å². The summed E-state index contributed by atoms with van der Waals surface area (Å²) < 4.78 is 0. The van der Waals surface area contributed by atoms with Crippen LogP contribution < -0.4 is 0 Å². The summed E-state index contributed by atoms with van der Waals surface area (Å²) in [5, 5.41) is 0. The average molecular weight is 803 g/mol. The SMILES string of the molecule is CC1(C)c2cc(-c3ccc(-c4ccccc4-c4ccccc4-c4ccccc4)cc3)ccc2-c2ccc(-c3ccc(-c4ccccc4-c4ccccc4-c4ccccc4)cc3)cc21. The molecule has 0 aromatic heterocycles. The van der Waals surface area contributed by atoms with E-state index in [1.54, 1.807) is 0 Å². The van der Waals surface area contributed by atoms with Crippen LogP contribution in [0, 0.1) is 0 Å². The van der Waals surface area contributed by atoms with E-state index in [4.69, 9.17) is 0 Å². The van der Waals surface area contributed by atoms with Crippen LogP contribution in [0.3, 0.4) is 0 Å². The molecule has 0 atom stereocenters. The third-order valence-corrected chi connectivity index (χ3v) is 13.2. The highest BCUT2D eigenvalue weighted by Gasteiger charge is 2.36. The summed E-state index contributed by atoms with van der Waals surface area (Å²) in [4.78, 5) is 0. The minimum absolute atomic E-state index is 0.146. The molecule has 298 valence electrons. The van der Waals surface area contributed by atoms with E-state index in [-0.39, 0.29) is 5.41 Å². The Hall–Kier alpha value is -7.80. The van der Waals surface area contributed by atoms with E-state index in [0.717, 1.165) is 0 Å². The van der Waals surface area contributed by atoms with Gasteiger partial charge in [0.15, 0.2) is 0 Å². The third kappa shape index (κ3) is 6.91. The molecule has 0 N–H and O–H groups in total. The maximum Gasteiger partial charge on any atom is 0.0159 e. The molecule has 0 unspecified atom stereocenters. The Bertz CT molecular complexity index is 3040. The summed E-state index contributed by atoms with van der Waals surface area (Å²) in [7, 11) is 0. The lowest BCUT2D eigenvalue weighted by atomic mass is 9.80. The molecule has 1 aliphatic rings. The van der Waals surface area contributed by atoms with E-state index >= 15 is 0 Å². The van der Waals surface area contributed by atoms with Crippen molar-refractivity contribution < 1.29 is 0 Å². The van der Waals surface area contributed by atoms with E-state index in [1.165, 1.54) is 111 Å². The van der Waals surface area contributed by atoms with Gasteiger partial charge in [-0.3, -0.25) is 0 Å². The van der Waals surface area contributed by atoms with Crippen molar-refractivity contribution in [3.05, 3.63) is 254 Å². The summed E-state index contributed by atoms with van der Waals surface area (Å²) in [5.41, 5.74) is 25.0. The van der Waals surface area contributed by atoms with Crippen molar-refractivity contribution in [1.29, 1.82) is 0 Å². The van der Waals surface area contributed by atoms with Crippen molar-refractivity contribution in [2.75, 3.05) is 0 Å². The molecule has 0 saturated heterocycles. The topological polar surface area (TPSA) is 0 Å². The molecule has 10 aromatic carbocycles. The summed E-state index contributed by atoms with van der Waals surface area (Å²) in [6.07, 6.45) is 0. The van der Waals surface area contributed by atoms with Gasteiger partial charge in [-0.15, -0.1) is 0 Å². The summed E-state index contributed by atoms with van der Waals surface area (Å²) in [6.45, 7) is 4.76.